The molecule has 0 aliphatic heterocycles. The van der Waals surface area contributed by atoms with E-state index in [-0.39, 0.29) is 29.5 Å². The van der Waals surface area contributed by atoms with E-state index >= 15 is 0 Å². The van der Waals surface area contributed by atoms with Crippen molar-refractivity contribution in [2.24, 2.45) is 11.7 Å². The maximum absolute atomic E-state index is 12.5. The number of nitrogens with one attached hydrogen (secondary N) is 1. The van der Waals surface area contributed by atoms with Crippen molar-refractivity contribution in [3.8, 4) is 6.07 Å². The Kier molecular flexibility index (Phi) is 5.73. The minimum Gasteiger partial charge on any atom is -0.330 e. The van der Waals surface area contributed by atoms with Gasteiger partial charge < -0.3 is 11.1 Å². The molecule has 0 aromatic heterocycles. The summed E-state index contributed by atoms with van der Waals surface area (Å²) in [5, 5.41) is 11.3. The molecule has 7 heteroatoms. The number of nitriles is 1. The van der Waals surface area contributed by atoms with E-state index in [1.165, 1.54) is 0 Å². The van der Waals surface area contributed by atoms with Crippen LogP contribution in [0.3, 0.4) is 0 Å². The molecule has 1 aromatic rings. The highest BCUT2D eigenvalue weighted by Crippen LogP contribution is 2.31. The molecule has 0 saturated heterocycles. The quantitative estimate of drug-likeness (QED) is 0.877. The maximum atomic E-state index is 12.5. The van der Waals surface area contributed by atoms with Gasteiger partial charge in [0, 0.05) is 6.42 Å². The fraction of sp³-hybridized carbons (Fsp3) is 0.429. The van der Waals surface area contributed by atoms with E-state index in [1.54, 1.807) is 6.07 Å². The number of amides is 1. The lowest BCUT2D eigenvalue weighted by atomic mass is 10.1. The Bertz CT molecular complexity index is 549. The number of anilines is 1. The number of carbonyl (C=O) groups excluding carboxylic acids is 1. The smallest absolute Gasteiger partial charge is 0.330 e. The van der Waals surface area contributed by atoms with E-state index < -0.39 is 11.7 Å². The zero-order chi connectivity index (χ0) is 16.0. The van der Waals surface area contributed by atoms with Crippen molar-refractivity contribution < 1.29 is 18.0 Å². The number of halogens is 3. The van der Waals surface area contributed by atoms with Crippen LogP contribution < -0.4 is 11.1 Å². The van der Waals surface area contributed by atoms with Crippen LogP contribution in [-0.4, -0.2) is 12.5 Å². The molecular formula is C14H16F3N3O. The molecule has 1 unspecified atom stereocenters. The van der Waals surface area contributed by atoms with Gasteiger partial charge in [0.25, 0.3) is 0 Å². The monoisotopic (exact) mass is 299 g/mol. The van der Waals surface area contributed by atoms with Gasteiger partial charge in [-0.1, -0.05) is 6.92 Å². The number of nitrogens with two attached hydrogens (primary N) is 1. The van der Waals surface area contributed by atoms with Crippen LogP contribution in [0.2, 0.25) is 0 Å². The summed E-state index contributed by atoms with van der Waals surface area (Å²) >= 11 is 0. The molecule has 0 radical (unpaired) electrons. The highest BCUT2D eigenvalue weighted by atomic mass is 19.4. The van der Waals surface area contributed by atoms with Gasteiger partial charge in [-0.2, -0.15) is 18.4 Å². The van der Waals surface area contributed by atoms with Gasteiger partial charge in [-0.05, 0) is 37.1 Å². The summed E-state index contributed by atoms with van der Waals surface area (Å²) in [5.41, 5.74) is 4.37. The topological polar surface area (TPSA) is 78.9 Å². The first-order valence-electron chi connectivity index (χ1n) is 6.39. The van der Waals surface area contributed by atoms with E-state index in [4.69, 9.17) is 11.0 Å². The third-order valence-corrected chi connectivity index (χ3v) is 3.01. The average molecular weight is 299 g/mol. The standard InChI is InChI=1S/C14H16F3N3O/c1-9(7-18)2-5-13(21)20-12-4-3-11(14(15,16)17)6-10(12)8-19/h3-4,6,9H,2,5,7,18H2,1H3,(H,20,21). The van der Waals surface area contributed by atoms with Crippen molar-refractivity contribution in [3.63, 3.8) is 0 Å². The van der Waals surface area contributed by atoms with Crippen molar-refractivity contribution >= 4 is 11.6 Å². The Morgan fingerprint density at radius 3 is 2.67 bits per heavy atom. The summed E-state index contributed by atoms with van der Waals surface area (Å²) in [5.74, 6) is -0.176. The first kappa shape index (κ1) is 17.0. The van der Waals surface area contributed by atoms with Crippen molar-refractivity contribution in [1.29, 1.82) is 5.26 Å². The molecule has 0 saturated carbocycles. The molecule has 21 heavy (non-hydrogen) atoms. The summed E-state index contributed by atoms with van der Waals surface area (Å²) in [7, 11) is 0. The van der Waals surface area contributed by atoms with Crippen LogP contribution in [-0.2, 0) is 11.0 Å². The number of alkyl halides is 3. The Morgan fingerprint density at radius 2 is 2.14 bits per heavy atom. The van der Waals surface area contributed by atoms with Crippen molar-refractivity contribution in [2.45, 2.75) is 25.9 Å². The molecule has 114 valence electrons. The van der Waals surface area contributed by atoms with Crippen molar-refractivity contribution in [1.82, 2.24) is 0 Å². The van der Waals surface area contributed by atoms with E-state index in [9.17, 15) is 18.0 Å². The molecule has 1 atom stereocenters. The predicted octanol–water partition coefficient (Wildman–Crippen LogP) is 2.89. The second-order valence-electron chi connectivity index (χ2n) is 4.80. The molecule has 0 bridgehead atoms. The van der Waals surface area contributed by atoms with Gasteiger partial charge in [0.15, 0.2) is 0 Å². The predicted molar refractivity (Wildman–Crippen MR) is 72.2 cm³/mol. The van der Waals surface area contributed by atoms with Crippen LogP contribution in [0.15, 0.2) is 18.2 Å². The first-order valence-corrected chi connectivity index (χ1v) is 6.39. The number of carbonyl (C=O) groups is 1. The summed E-state index contributed by atoms with van der Waals surface area (Å²) in [6, 6.07) is 4.30. The van der Waals surface area contributed by atoms with Gasteiger partial charge in [-0.25, -0.2) is 0 Å². The summed E-state index contributed by atoms with van der Waals surface area (Å²) in [6.07, 6.45) is -3.75. The van der Waals surface area contributed by atoms with E-state index in [0.717, 1.165) is 18.2 Å². The fourth-order valence-corrected chi connectivity index (χ4v) is 1.63. The van der Waals surface area contributed by atoms with Gasteiger partial charge in [-0.15, -0.1) is 0 Å². The molecule has 3 N–H and O–H groups in total. The van der Waals surface area contributed by atoms with Crippen molar-refractivity contribution in [3.05, 3.63) is 29.3 Å². The molecule has 0 fully saturated rings. The molecule has 1 rings (SSSR count). The normalized spacial score (nSPS) is 12.6. The molecule has 1 amide bonds. The number of nitrogens with zero attached hydrogens (tertiary/aromatic N) is 1. The summed E-state index contributed by atoms with van der Waals surface area (Å²) in [4.78, 5) is 11.7. The van der Waals surface area contributed by atoms with Crippen LogP contribution >= 0.6 is 0 Å². The van der Waals surface area contributed by atoms with Crippen LogP contribution in [0.5, 0.6) is 0 Å². The number of hydrogen-bond acceptors (Lipinski definition) is 3. The second-order valence-corrected chi connectivity index (χ2v) is 4.80. The Balaban J connectivity index is 2.80. The average Bonchev–Trinajstić information content (AvgIpc) is 2.43. The van der Waals surface area contributed by atoms with Gasteiger partial charge in [0.05, 0.1) is 16.8 Å². The SMILES string of the molecule is CC(CN)CCC(=O)Nc1ccc(C(F)(F)F)cc1C#N. The minimum atomic E-state index is -4.52. The van der Waals surface area contributed by atoms with Crippen LogP contribution in [0.4, 0.5) is 18.9 Å². The Labute approximate surface area is 120 Å². The number of rotatable bonds is 5. The third-order valence-electron chi connectivity index (χ3n) is 3.01. The van der Waals surface area contributed by atoms with Gasteiger partial charge in [0.2, 0.25) is 5.91 Å². The lowest BCUT2D eigenvalue weighted by Crippen LogP contribution is -2.17. The maximum Gasteiger partial charge on any atom is 0.416 e. The molecule has 0 spiro atoms. The van der Waals surface area contributed by atoms with E-state index in [0.29, 0.717) is 13.0 Å². The van der Waals surface area contributed by atoms with Gasteiger partial charge in [-0.3, -0.25) is 4.79 Å². The highest BCUT2D eigenvalue weighted by Gasteiger charge is 2.31. The minimum absolute atomic E-state index is 0.0795. The molecular weight excluding hydrogens is 283 g/mol. The van der Waals surface area contributed by atoms with Gasteiger partial charge >= 0.3 is 6.18 Å². The third kappa shape index (κ3) is 5.08. The number of benzene rings is 1. The molecule has 0 heterocycles. The lowest BCUT2D eigenvalue weighted by molar-refractivity contribution is -0.137. The largest absolute Gasteiger partial charge is 0.416 e. The molecule has 0 aliphatic carbocycles. The van der Waals surface area contributed by atoms with E-state index in [1.807, 2.05) is 6.92 Å². The lowest BCUT2D eigenvalue weighted by Gasteiger charge is -2.12. The zero-order valence-electron chi connectivity index (χ0n) is 11.5. The number of hydrogen-bond donors (Lipinski definition) is 2. The molecule has 1 aromatic carbocycles. The van der Waals surface area contributed by atoms with E-state index in [2.05, 4.69) is 5.32 Å². The van der Waals surface area contributed by atoms with Crippen LogP contribution in [0.25, 0.3) is 0 Å². The first-order chi connectivity index (χ1) is 9.77. The Hall–Kier alpha value is -2.07. The molecule has 4 nitrogen and oxygen atoms in total. The highest BCUT2D eigenvalue weighted by molar-refractivity contribution is 5.92. The second kappa shape index (κ2) is 7.09. The Morgan fingerprint density at radius 1 is 1.48 bits per heavy atom. The van der Waals surface area contributed by atoms with Crippen LogP contribution in [0, 0.1) is 17.2 Å². The zero-order valence-corrected chi connectivity index (χ0v) is 11.5. The van der Waals surface area contributed by atoms with Crippen molar-refractivity contribution in [2.75, 3.05) is 11.9 Å². The van der Waals surface area contributed by atoms with Gasteiger partial charge in [0.1, 0.15) is 6.07 Å². The summed E-state index contributed by atoms with van der Waals surface area (Å²) < 4.78 is 37.6. The van der Waals surface area contributed by atoms with Crippen LogP contribution in [0.1, 0.15) is 30.9 Å². The fourth-order valence-electron chi connectivity index (χ4n) is 1.63. The summed E-state index contributed by atoms with van der Waals surface area (Å²) in [6.45, 7) is 2.35. The molecule has 0 aliphatic rings.